The summed E-state index contributed by atoms with van der Waals surface area (Å²) in [7, 11) is -1.24. The molecule has 2 fully saturated rings. The van der Waals surface area contributed by atoms with Crippen molar-refractivity contribution in [2.45, 2.75) is 69.1 Å². The van der Waals surface area contributed by atoms with Crippen molar-refractivity contribution in [1.29, 1.82) is 0 Å². The summed E-state index contributed by atoms with van der Waals surface area (Å²) in [4.78, 5) is 0. The van der Waals surface area contributed by atoms with Crippen LogP contribution in [0.25, 0.3) is 0 Å². The predicted molar refractivity (Wildman–Crippen MR) is 81.6 cm³/mol. The molecule has 1 N–H and O–H groups in total. The minimum atomic E-state index is -3.13. The van der Waals surface area contributed by atoms with E-state index in [1.165, 1.54) is 0 Å². The van der Waals surface area contributed by atoms with Crippen LogP contribution in [-0.4, -0.2) is 44.7 Å². The molecule has 0 aromatic rings. The molecule has 1 saturated heterocycles. The van der Waals surface area contributed by atoms with Gasteiger partial charge in [0.1, 0.15) is 0 Å². The summed E-state index contributed by atoms with van der Waals surface area (Å²) in [6, 6.07) is 0.0998. The average Bonchev–Trinajstić information content (AvgIpc) is 2.84. The third-order valence-electron chi connectivity index (χ3n) is 5.30. The van der Waals surface area contributed by atoms with E-state index in [2.05, 4.69) is 19.2 Å². The largest absolute Gasteiger partial charge is 0.377 e. The SMILES string of the molecule is CNC1CCC(C(C)C)CC1S(=O)(=O)C1CCOC1C. The Morgan fingerprint density at radius 1 is 1.15 bits per heavy atom. The van der Waals surface area contributed by atoms with Gasteiger partial charge < -0.3 is 10.1 Å². The minimum absolute atomic E-state index is 0.0998. The van der Waals surface area contributed by atoms with Gasteiger partial charge in [-0.1, -0.05) is 13.8 Å². The normalized spacial score (nSPS) is 39.4. The molecule has 20 heavy (non-hydrogen) atoms. The second kappa shape index (κ2) is 6.32. The molecular formula is C15H29NO3S. The van der Waals surface area contributed by atoms with Crippen LogP contribution in [0.3, 0.4) is 0 Å². The second-order valence-electron chi connectivity index (χ2n) is 6.74. The second-order valence-corrected chi connectivity index (χ2v) is 9.13. The Bertz CT molecular complexity index is 421. The fourth-order valence-corrected chi connectivity index (χ4v) is 6.56. The van der Waals surface area contributed by atoms with E-state index in [9.17, 15) is 8.42 Å². The molecule has 0 bridgehead atoms. The summed E-state index contributed by atoms with van der Waals surface area (Å²) in [5.74, 6) is 1.08. The van der Waals surface area contributed by atoms with Crippen LogP contribution in [0, 0.1) is 11.8 Å². The molecule has 5 unspecified atom stereocenters. The maximum Gasteiger partial charge on any atom is 0.160 e. The van der Waals surface area contributed by atoms with E-state index in [1.807, 2.05) is 14.0 Å². The van der Waals surface area contributed by atoms with Crippen LogP contribution in [0.2, 0.25) is 0 Å². The quantitative estimate of drug-likeness (QED) is 0.863. The summed E-state index contributed by atoms with van der Waals surface area (Å²) in [6.45, 7) is 6.88. The van der Waals surface area contributed by atoms with Gasteiger partial charge >= 0.3 is 0 Å². The molecule has 1 saturated carbocycles. The van der Waals surface area contributed by atoms with Crippen LogP contribution in [0.4, 0.5) is 0 Å². The van der Waals surface area contributed by atoms with Gasteiger partial charge in [-0.25, -0.2) is 8.42 Å². The number of hydrogen-bond donors (Lipinski definition) is 1. The molecule has 0 aromatic heterocycles. The Balaban J connectivity index is 2.21. The maximum atomic E-state index is 13.0. The number of rotatable bonds is 4. The lowest BCUT2D eigenvalue weighted by Crippen LogP contribution is -2.51. The number of nitrogens with one attached hydrogen (secondary N) is 1. The molecule has 1 heterocycles. The fraction of sp³-hybridized carbons (Fsp3) is 1.00. The molecule has 2 aliphatic rings. The van der Waals surface area contributed by atoms with Crippen LogP contribution in [0.5, 0.6) is 0 Å². The molecule has 1 aliphatic carbocycles. The molecule has 5 heteroatoms. The Morgan fingerprint density at radius 2 is 1.85 bits per heavy atom. The van der Waals surface area contributed by atoms with Crippen LogP contribution in [0.1, 0.15) is 46.5 Å². The molecule has 0 aromatic carbocycles. The number of sulfone groups is 1. The zero-order valence-electron chi connectivity index (χ0n) is 13.1. The summed E-state index contributed by atoms with van der Waals surface area (Å²) < 4.78 is 31.5. The highest BCUT2D eigenvalue weighted by Gasteiger charge is 2.46. The van der Waals surface area contributed by atoms with E-state index in [0.29, 0.717) is 24.9 Å². The van der Waals surface area contributed by atoms with E-state index in [-0.39, 0.29) is 22.6 Å². The van der Waals surface area contributed by atoms with Crippen molar-refractivity contribution >= 4 is 9.84 Å². The minimum Gasteiger partial charge on any atom is -0.377 e. The lowest BCUT2D eigenvalue weighted by molar-refractivity contribution is 0.126. The van der Waals surface area contributed by atoms with Gasteiger partial charge in [-0.3, -0.25) is 0 Å². The lowest BCUT2D eigenvalue weighted by atomic mass is 9.79. The van der Waals surface area contributed by atoms with Crippen molar-refractivity contribution in [3.8, 4) is 0 Å². The van der Waals surface area contributed by atoms with E-state index in [4.69, 9.17) is 4.74 Å². The van der Waals surface area contributed by atoms with Crippen molar-refractivity contribution in [2.75, 3.05) is 13.7 Å². The first-order chi connectivity index (χ1) is 9.37. The molecule has 0 radical (unpaired) electrons. The molecule has 5 atom stereocenters. The van der Waals surface area contributed by atoms with Gasteiger partial charge in [-0.2, -0.15) is 0 Å². The highest BCUT2D eigenvalue weighted by atomic mass is 32.2. The van der Waals surface area contributed by atoms with Crippen LogP contribution < -0.4 is 5.32 Å². The third-order valence-corrected chi connectivity index (χ3v) is 8.12. The van der Waals surface area contributed by atoms with Crippen molar-refractivity contribution in [2.24, 2.45) is 11.8 Å². The highest BCUT2D eigenvalue weighted by Crippen LogP contribution is 2.37. The van der Waals surface area contributed by atoms with Gasteiger partial charge in [-0.05, 0) is 51.5 Å². The molecule has 1 aliphatic heterocycles. The molecule has 0 amide bonds. The topological polar surface area (TPSA) is 55.4 Å². The fourth-order valence-electron chi connectivity index (χ4n) is 3.83. The Kier molecular flexibility index (Phi) is 5.14. The van der Waals surface area contributed by atoms with Gasteiger partial charge in [-0.15, -0.1) is 0 Å². The van der Waals surface area contributed by atoms with Crippen molar-refractivity contribution in [3.63, 3.8) is 0 Å². The van der Waals surface area contributed by atoms with Gasteiger partial charge in [0.05, 0.1) is 16.6 Å². The predicted octanol–water partition coefficient (Wildman–Crippen LogP) is 1.99. The summed E-state index contributed by atoms with van der Waals surface area (Å²) >= 11 is 0. The van der Waals surface area contributed by atoms with Crippen LogP contribution >= 0.6 is 0 Å². The van der Waals surface area contributed by atoms with E-state index >= 15 is 0 Å². The van der Waals surface area contributed by atoms with Crippen LogP contribution in [-0.2, 0) is 14.6 Å². The monoisotopic (exact) mass is 303 g/mol. The van der Waals surface area contributed by atoms with E-state index < -0.39 is 9.84 Å². The number of hydrogen-bond acceptors (Lipinski definition) is 4. The molecule has 0 spiro atoms. The lowest BCUT2D eigenvalue weighted by Gasteiger charge is -2.38. The zero-order valence-corrected chi connectivity index (χ0v) is 13.9. The van der Waals surface area contributed by atoms with Crippen molar-refractivity contribution in [3.05, 3.63) is 0 Å². The summed E-state index contributed by atoms with van der Waals surface area (Å²) in [5.41, 5.74) is 0. The summed E-state index contributed by atoms with van der Waals surface area (Å²) in [5, 5.41) is 2.68. The van der Waals surface area contributed by atoms with Crippen molar-refractivity contribution in [1.82, 2.24) is 5.32 Å². The smallest absolute Gasteiger partial charge is 0.160 e. The molecule has 2 rings (SSSR count). The summed E-state index contributed by atoms with van der Waals surface area (Å²) in [6.07, 6.45) is 3.39. The Morgan fingerprint density at radius 3 is 2.35 bits per heavy atom. The van der Waals surface area contributed by atoms with E-state index in [0.717, 1.165) is 19.3 Å². The Labute approximate surface area is 123 Å². The molecular weight excluding hydrogens is 274 g/mol. The first-order valence-corrected chi connectivity index (χ1v) is 9.50. The van der Waals surface area contributed by atoms with E-state index in [1.54, 1.807) is 0 Å². The number of ether oxygens (including phenoxy) is 1. The zero-order chi connectivity index (χ0) is 14.9. The van der Waals surface area contributed by atoms with Gasteiger partial charge in [0, 0.05) is 12.6 Å². The maximum absolute atomic E-state index is 13.0. The van der Waals surface area contributed by atoms with Crippen LogP contribution in [0.15, 0.2) is 0 Å². The van der Waals surface area contributed by atoms with Gasteiger partial charge in [0.15, 0.2) is 9.84 Å². The first kappa shape index (κ1) is 16.2. The van der Waals surface area contributed by atoms with Crippen molar-refractivity contribution < 1.29 is 13.2 Å². The standard InChI is InChI=1S/C15H29NO3S/c1-10(2)12-5-6-13(16-4)15(9-12)20(17,18)14-7-8-19-11(14)3/h10-16H,5-9H2,1-4H3. The third kappa shape index (κ3) is 3.04. The molecule has 4 nitrogen and oxygen atoms in total. The average molecular weight is 303 g/mol. The van der Waals surface area contributed by atoms with Gasteiger partial charge in [0.25, 0.3) is 0 Å². The molecule has 118 valence electrons. The van der Waals surface area contributed by atoms with Gasteiger partial charge in [0.2, 0.25) is 0 Å². The highest BCUT2D eigenvalue weighted by molar-refractivity contribution is 7.92. The first-order valence-electron chi connectivity index (χ1n) is 7.89. The Hall–Kier alpha value is -0.130.